The molecule has 106 valence electrons. The highest BCUT2D eigenvalue weighted by Crippen LogP contribution is 2.18. The van der Waals surface area contributed by atoms with Gasteiger partial charge in [-0.3, -0.25) is 0 Å². The number of hydrogen-bond donors (Lipinski definition) is 3. The molecule has 0 saturated carbocycles. The van der Waals surface area contributed by atoms with Crippen molar-refractivity contribution in [2.45, 2.75) is 20.3 Å². The summed E-state index contributed by atoms with van der Waals surface area (Å²) in [5.74, 6) is 0.759. The molecule has 0 radical (unpaired) electrons. The minimum atomic E-state index is -0.213. The second kappa shape index (κ2) is 6.99. The van der Waals surface area contributed by atoms with E-state index in [-0.39, 0.29) is 11.4 Å². The first-order chi connectivity index (χ1) is 8.96. The number of urea groups is 1. The lowest BCUT2D eigenvalue weighted by molar-refractivity contribution is 0.243. The number of methoxy groups -OCH3 is 1. The number of nitrogens with two attached hydrogens (primary N) is 1. The first kappa shape index (κ1) is 15.3. The van der Waals surface area contributed by atoms with Gasteiger partial charge in [-0.05, 0) is 42.6 Å². The average molecular weight is 265 g/mol. The van der Waals surface area contributed by atoms with Crippen LogP contribution in [0.15, 0.2) is 24.3 Å². The van der Waals surface area contributed by atoms with E-state index in [1.54, 1.807) is 31.4 Å². The van der Waals surface area contributed by atoms with Crippen molar-refractivity contribution in [3.63, 3.8) is 0 Å². The van der Waals surface area contributed by atoms with Crippen LogP contribution in [0.3, 0.4) is 0 Å². The van der Waals surface area contributed by atoms with Gasteiger partial charge in [0.05, 0.1) is 7.11 Å². The van der Waals surface area contributed by atoms with Gasteiger partial charge in [-0.25, -0.2) is 4.79 Å². The van der Waals surface area contributed by atoms with E-state index in [0.29, 0.717) is 13.1 Å². The van der Waals surface area contributed by atoms with Crippen LogP contribution in [0.5, 0.6) is 5.75 Å². The number of nitrogens with one attached hydrogen (secondary N) is 2. The fourth-order valence-corrected chi connectivity index (χ4v) is 1.65. The summed E-state index contributed by atoms with van der Waals surface area (Å²) in [4.78, 5) is 11.7. The number of rotatable bonds is 6. The van der Waals surface area contributed by atoms with Crippen LogP contribution in [0, 0.1) is 5.41 Å². The van der Waals surface area contributed by atoms with Gasteiger partial charge in [0.1, 0.15) is 5.75 Å². The molecule has 0 saturated heterocycles. The summed E-state index contributed by atoms with van der Waals surface area (Å²) in [7, 11) is 1.61. The SMILES string of the molecule is COc1ccc(NC(=O)NCC(C)(C)CCN)cc1. The first-order valence-corrected chi connectivity index (χ1v) is 6.36. The van der Waals surface area contributed by atoms with Gasteiger partial charge in [-0.1, -0.05) is 13.8 Å². The highest BCUT2D eigenvalue weighted by molar-refractivity contribution is 5.89. The molecule has 0 aromatic heterocycles. The van der Waals surface area contributed by atoms with Crippen LogP contribution in [0.25, 0.3) is 0 Å². The Kier molecular flexibility index (Phi) is 5.63. The molecule has 0 fully saturated rings. The van der Waals surface area contributed by atoms with E-state index in [2.05, 4.69) is 24.5 Å². The highest BCUT2D eigenvalue weighted by atomic mass is 16.5. The van der Waals surface area contributed by atoms with E-state index < -0.39 is 0 Å². The van der Waals surface area contributed by atoms with Crippen LogP contribution in [0.2, 0.25) is 0 Å². The van der Waals surface area contributed by atoms with Gasteiger partial charge in [0.2, 0.25) is 0 Å². The summed E-state index contributed by atoms with van der Waals surface area (Å²) in [6, 6.07) is 6.98. The topological polar surface area (TPSA) is 76.4 Å². The quantitative estimate of drug-likeness (QED) is 0.738. The highest BCUT2D eigenvalue weighted by Gasteiger charge is 2.17. The van der Waals surface area contributed by atoms with Crippen molar-refractivity contribution in [2.24, 2.45) is 11.1 Å². The number of anilines is 1. The normalized spacial score (nSPS) is 10.9. The number of carbonyl (C=O) groups excluding carboxylic acids is 1. The molecule has 0 aliphatic heterocycles. The molecule has 19 heavy (non-hydrogen) atoms. The second-order valence-electron chi connectivity index (χ2n) is 5.24. The molecule has 5 nitrogen and oxygen atoms in total. The fourth-order valence-electron chi connectivity index (χ4n) is 1.65. The van der Waals surface area contributed by atoms with Crippen molar-refractivity contribution in [3.05, 3.63) is 24.3 Å². The maximum Gasteiger partial charge on any atom is 0.319 e. The van der Waals surface area contributed by atoms with Crippen LogP contribution >= 0.6 is 0 Å². The molecule has 0 bridgehead atoms. The molecular weight excluding hydrogens is 242 g/mol. The van der Waals surface area contributed by atoms with Gasteiger partial charge >= 0.3 is 6.03 Å². The number of benzene rings is 1. The van der Waals surface area contributed by atoms with E-state index >= 15 is 0 Å². The minimum absolute atomic E-state index is 0.00595. The maximum absolute atomic E-state index is 11.7. The molecule has 0 heterocycles. The second-order valence-corrected chi connectivity index (χ2v) is 5.24. The largest absolute Gasteiger partial charge is 0.497 e. The molecule has 0 spiro atoms. The van der Waals surface area contributed by atoms with Crippen molar-refractivity contribution in [3.8, 4) is 5.75 Å². The van der Waals surface area contributed by atoms with Gasteiger partial charge in [0.15, 0.2) is 0 Å². The van der Waals surface area contributed by atoms with Gasteiger partial charge in [-0.2, -0.15) is 0 Å². The number of amides is 2. The van der Waals surface area contributed by atoms with Crippen molar-refractivity contribution in [2.75, 3.05) is 25.5 Å². The molecule has 1 aromatic rings. The van der Waals surface area contributed by atoms with Crippen LogP contribution in [0.1, 0.15) is 20.3 Å². The molecule has 5 heteroatoms. The van der Waals surface area contributed by atoms with E-state index in [0.717, 1.165) is 17.9 Å². The van der Waals surface area contributed by atoms with Crippen LogP contribution in [0.4, 0.5) is 10.5 Å². The Morgan fingerprint density at radius 3 is 2.47 bits per heavy atom. The van der Waals surface area contributed by atoms with Crippen LogP contribution in [-0.2, 0) is 0 Å². The number of carbonyl (C=O) groups is 1. The van der Waals surface area contributed by atoms with E-state index in [1.165, 1.54) is 0 Å². The van der Waals surface area contributed by atoms with Gasteiger partial charge in [0, 0.05) is 12.2 Å². The molecule has 0 unspecified atom stereocenters. The molecule has 0 aliphatic rings. The number of hydrogen-bond acceptors (Lipinski definition) is 3. The van der Waals surface area contributed by atoms with Crippen LogP contribution < -0.4 is 21.1 Å². The molecule has 4 N–H and O–H groups in total. The zero-order valence-electron chi connectivity index (χ0n) is 11.8. The summed E-state index contributed by atoms with van der Waals surface area (Å²) in [5, 5.41) is 5.62. The Balaban J connectivity index is 2.42. The summed E-state index contributed by atoms with van der Waals surface area (Å²) in [6.07, 6.45) is 0.871. The molecule has 1 aromatic carbocycles. The van der Waals surface area contributed by atoms with Crippen molar-refractivity contribution in [1.29, 1.82) is 0 Å². The molecule has 2 amide bonds. The Labute approximate surface area is 114 Å². The van der Waals surface area contributed by atoms with Crippen molar-refractivity contribution in [1.82, 2.24) is 5.32 Å². The lowest BCUT2D eigenvalue weighted by atomic mass is 9.89. The average Bonchev–Trinajstić information content (AvgIpc) is 2.37. The molecule has 1 rings (SSSR count). The Bertz CT molecular complexity index is 402. The van der Waals surface area contributed by atoms with Crippen LogP contribution in [-0.4, -0.2) is 26.2 Å². The maximum atomic E-state index is 11.7. The van der Waals surface area contributed by atoms with Gasteiger partial charge < -0.3 is 21.1 Å². The summed E-state index contributed by atoms with van der Waals surface area (Å²) in [6.45, 7) is 5.36. The zero-order valence-corrected chi connectivity index (χ0v) is 11.8. The van der Waals surface area contributed by atoms with E-state index in [9.17, 15) is 4.79 Å². The summed E-state index contributed by atoms with van der Waals surface area (Å²) in [5.41, 5.74) is 6.27. The predicted octanol–water partition coefficient (Wildman–Crippen LogP) is 2.19. The third kappa shape index (κ3) is 5.61. The van der Waals surface area contributed by atoms with Crippen molar-refractivity contribution >= 4 is 11.7 Å². The third-order valence-corrected chi connectivity index (χ3v) is 2.90. The molecule has 0 aliphatic carbocycles. The summed E-state index contributed by atoms with van der Waals surface area (Å²) >= 11 is 0. The molecule has 0 atom stereocenters. The Hall–Kier alpha value is -1.75. The lowest BCUT2D eigenvalue weighted by Crippen LogP contribution is -2.37. The minimum Gasteiger partial charge on any atom is -0.497 e. The fraction of sp³-hybridized carbons (Fsp3) is 0.500. The smallest absolute Gasteiger partial charge is 0.319 e. The van der Waals surface area contributed by atoms with Gasteiger partial charge in [0.25, 0.3) is 0 Å². The monoisotopic (exact) mass is 265 g/mol. The standard InChI is InChI=1S/C14H23N3O2/c1-14(2,8-9-15)10-16-13(18)17-11-4-6-12(19-3)7-5-11/h4-7H,8-10,15H2,1-3H3,(H2,16,17,18). The zero-order chi connectivity index (χ0) is 14.3. The first-order valence-electron chi connectivity index (χ1n) is 6.36. The predicted molar refractivity (Wildman–Crippen MR) is 77.5 cm³/mol. The van der Waals surface area contributed by atoms with E-state index in [1.807, 2.05) is 0 Å². The van der Waals surface area contributed by atoms with Gasteiger partial charge in [-0.15, -0.1) is 0 Å². The lowest BCUT2D eigenvalue weighted by Gasteiger charge is -2.24. The Morgan fingerprint density at radius 2 is 1.95 bits per heavy atom. The van der Waals surface area contributed by atoms with Crippen molar-refractivity contribution < 1.29 is 9.53 Å². The molecular formula is C14H23N3O2. The number of ether oxygens (including phenoxy) is 1. The third-order valence-electron chi connectivity index (χ3n) is 2.90. The Morgan fingerprint density at radius 1 is 1.32 bits per heavy atom. The van der Waals surface area contributed by atoms with E-state index in [4.69, 9.17) is 10.5 Å². The summed E-state index contributed by atoms with van der Waals surface area (Å²) < 4.78 is 5.05.